The minimum absolute atomic E-state index is 0.0752. The van der Waals surface area contributed by atoms with Gasteiger partial charge in [-0.3, -0.25) is 0 Å². The molecule has 2 N–H and O–H groups in total. The van der Waals surface area contributed by atoms with Crippen molar-refractivity contribution in [1.29, 1.82) is 0 Å². The number of sulfonamides is 1. The fraction of sp³-hybridized carbons (Fsp3) is 1.00. The van der Waals surface area contributed by atoms with Gasteiger partial charge in [-0.05, 0) is 13.0 Å². The van der Waals surface area contributed by atoms with Crippen molar-refractivity contribution in [3.63, 3.8) is 0 Å². The van der Waals surface area contributed by atoms with Gasteiger partial charge in [-0.15, -0.1) is 0 Å². The van der Waals surface area contributed by atoms with Crippen molar-refractivity contribution in [1.82, 2.24) is 4.31 Å². The monoisotopic (exact) mass is 208 g/mol. The lowest BCUT2D eigenvalue weighted by molar-refractivity contribution is 0.0309. The van der Waals surface area contributed by atoms with Gasteiger partial charge in [0, 0.05) is 12.6 Å². The number of nitrogens with two attached hydrogens (primary N) is 1. The molecule has 13 heavy (non-hydrogen) atoms. The van der Waals surface area contributed by atoms with Gasteiger partial charge in [0.2, 0.25) is 10.0 Å². The molecule has 1 rings (SSSR count). The number of hydrogen-bond donors (Lipinski definition) is 1. The number of morpholine rings is 1. The topological polar surface area (TPSA) is 72.6 Å². The van der Waals surface area contributed by atoms with Crippen LogP contribution in [0.1, 0.15) is 6.42 Å². The predicted octanol–water partition coefficient (Wildman–Crippen LogP) is -1.00. The van der Waals surface area contributed by atoms with Gasteiger partial charge in [0.15, 0.2) is 0 Å². The van der Waals surface area contributed by atoms with Gasteiger partial charge in [0.05, 0.1) is 19.5 Å². The third-order valence-electron chi connectivity index (χ3n) is 2.10. The molecule has 0 aromatic rings. The largest absolute Gasteiger partial charge is 0.378 e. The first-order chi connectivity index (χ1) is 6.05. The van der Waals surface area contributed by atoms with E-state index in [9.17, 15) is 8.42 Å². The molecule has 0 amide bonds. The molecular weight excluding hydrogens is 192 g/mol. The molecule has 0 aromatic heterocycles. The lowest BCUT2D eigenvalue weighted by Gasteiger charge is -2.33. The first-order valence-corrected chi connectivity index (χ1v) is 6.15. The molecule has 78 valence electrons. The zero-order chi connectivity index (χ0) is 9.90. The van der Waals surface area contributed by atoms with Crippen LogP contribution in [-0.4, -0.2) is 51.3 Å². The van der Waals surface area contributed by atoms with Crippen LogP contribution in [0.5, 0.6) is 0 Å². The quantitative estimate of drug-likeness (QED) is 0.645. The van der Waals surface area contributed by atoms with Gasteiger partial charge >= 0.3 is 0 Å². The van der Waals surface area contributed by atoms with Crippen molar-refractivity contribution in [2.24, 2.45) is 5.73 Å². The van der Waals surface area contributed by atoms with E-state index in [0.29, 0.717) is 32.7 Å². The normalized spacial score (nSPS) is 26.2. The van der Waals surface area contributed by atoms with E-state index in [1.165, 1.54) is 10.6 Å². The lowest BCUT2D eigenvalue weighted by Crippen LogP contribution is -2.48. The highest BCUT2D eigenvalue weighted by molar-refractivity contribution is 7.88. The third kappa shape index (κ3) is 2.91. The second-order valence-electron chi connectivity index (χ2n) is 3.18. The zero-order valence-electron chi connectivity index (χ0n) is 7.77. The van der Waals surface area contributed by atoms with Crippen LogP contribution in [0.2, 0.25) is 0 Å². The molecule has 1 fully saturated rings. The van der Waals surface area contributed by atoms with Crippen LogP contribution in [0, 0.1) is 0 Å². The molecular formula is C7H16N2O3S. The molecule has 1 atom stereocenters. The van der Waals surface area contributed by atoms with E-state index in [2.05, 4.69) is 0 Å². The minimum Gasteiger partial charge on any atom is -0.378 e. The van der Waals surface area contributed by atoms with Gasteiger partial charge in [0.25, 0.3) is 0 Å². The van der Waals surface area contributed by atoms with Crippen molar-refractivity contribution in [2.75, 3.05) is 32.6 Å². The van der Waals surface area contributed by atoms with Crippen molar-refractivity contribution >= 4 is 10.0 Å². The second-order valence-corrected chi connectivity index (χ2v) is 5.11. The van der Waals surface area contributed by atoms with Crippen LogP contribution in [0.3, 0.4) is 0 Å². The van der Waals surface area contributed by atoms with Crippen LogP contribution in [-0.2, 0) is 14.8 Å². The Hall–Kier alpha value is -0.170. The number of hydrogen-bond acceptors (Lipinski definition) is 4. The first-order valence-electron chi connectivity index (χ1n) is 4.30. The molecule has 1 aliphatic heterocycles. The van der Waals surface area contributed by atoms with Crippen LogP contribution in [0.4, 0.5) is 0 Å². The van der Waals surface area contributed by atoms with Gasteiger partial charge < -0.3 is 10.5 Å². The van der Waals surface area contributed by atoms with E-state index in [1.54, 1.807) is 0 Å². The van der Waals surface area contributed by atoms with Crippen molar-refractivity contribution < 1.29 is 13.2 Å². The smallest absolute Gasteiger partial charge is 0.211 e. The van der Waals surface area contributed by atoms with Gasteiger partial charge in [0.1, 0.15) is 0 Å². The van der Waals surface area contributed by atoms with E-state index < -0.39 is 10.0 Å². The van der Waals surface area contributed by atoms with E-state index in [4.69, 9.17) is 10.5 Å². The van der Waals surface area contributed by atoms with Gasteiger partial charge in [-0.1, -0.05) is 0 Å². The highest BCUT2D eigenvalue weighted by Gasteiger charge is 2.28. The minimum atomic E-state index is -3.10. The fourth-order valence-corrected chi connectivity index (χ4v) is 2.61. The Morgan fingerprint density at radius 2 is 2.31 bits per heavy atom. The summed E-state index contributed by atoms with van der Waals surface area (Å²) in [6.45, 7) is 1.88. The highest BCUT2D eigenvalue weighted by atomic mass is 32.2. The molecule has 1 aliphatic rings. The molecule has 0 saturated carbocycles. The zero-order valence-corrected chi connectivity index (χ0v) is 8.59. The predicted molar refractivity (Wildman–Crippen MR) is 49.8 cm³/mol. The molecule has 1 heterocycles. The summed E-state index contributed by atoms with van der Waals surface area (Å²) in [6.07, 6.45) is 1.88. The van der Waals surface area contributed by atoms with E-state index in [1.807, 2.05) is 0 Å². The summed E-state index contributed by atoms with van der Waals surface area (Å²) in [5, 5.41) is 0. The Kier molecular flexibility index (Phi) is 3.66. The Labute approximate surface area is 78.9 Å². The van der Waals surface area contributed by atoms with E-state index in [-0.39, 0.29) is 6.04 Å². The summed E-state index contributed by atoms with van der Waals surface area (Å²) >= 11 is 0. The summed E-state index contributed by atoms with van der Waals surface area (Å²) in [5.74, 6) is 0. The molecule has 1 saturated heterocycles. The van der Waals surface area contributed by atoms with Crippen LogP contribution >= 0.6 is 0 Å². The average molecular weight is 208 g/mol. The highest BCUT2D eigenvalue weighted by Crippen LogP contribution is 2.13. The van der Waals surface area contributed by atoms with Gasteiger partial charge in [-0.25, -0.2) is 8.42 Å². The standard InChI is InChI=1S/C7H16N2O3S/c1-13(10,11)9-4-5-12-6-7(9)2-3-8/h7H,2-6,8H2,1H3. The Bertz CT molecular complexity index is 250. The average Bonchev–Trinajstić information content (AvgIpc) is 2.04. The summed E-state index contributed by atoms with van der Waals surface area (Å²) in [4.78, 5) is 0. The fourth-order valence-electron chi connectivity index (χ4n) is 1.50. The van der Waals surface area contributed by atoms with E-state index >= 15 is 0 Å². The molecule has 0 aliphatic carbocycles. The number of ether oxygens (including phenoxy) is 1. The van der Waals surface area contributed by atoms with Crippen molar-refractivity contribution in [3.8, 4) is 0 Å². The third-order valence-corrected chi connectivity index (χ3v) is 3.43. The summed E-state index contributed by atoms with van der Waals surface area (Å²) in [5.41, 5.74) is 5.39. The molecule has 0 radical (unpaired) electrons. The van der Waals surface area contributed by atoms with Crippen LogP contribution in [0.25, 0.3) is 0 Å². The molecule has 0 bridgehead atoms. The van der Waals surface area contributed by atoms with E-state index in [0.717, 1.165) is 0 Å². The summed E-state index contributed by atoms with van der Waals surface area (Å²) < 4.78 is 29.3. The number of nitrogens with zero attached hydrogens (tertiary/aromatic N) is 1. The Morgan fingerprint density at radius 1 is 1.62 bits per heavy atom. The molecule has 5 nitrogen and oxygen atoms in total. The summed E-state index contributed by atoms with van der Waals surface area (Å²) in [6, 6.07) is -0.0752. The SMILES string of the molecule is CS(=O)(=O)N1CCOCC1CCN. The van der Waals surface area contributed by atoms with Crippen molar-refractivity contribution in [3.05, 3.63) is 0 Å². The Balaban J connectivity index is 2.67. The Morgan fingerprint density at radius 3 is 2.85 bits per heavy atom. The van der Waals surface area contributed by atoms with Crippen LogP contribution < -0.4 is 5.73 Å². The molecule has 0 spiro atoms. The van der Waals surface area contributed by atoms with Crippen LogP contribution in [0.15, 0.2) is 0 Å². The van der Waals surface area contributed by atoms with Crippen molar-refractivity contribution in [2.45, 2.75) is 12.5 Å². The maximum absolute atomic E-state index is 11.3. The molecule has 0 aromatic carbocycles. The molecule has 1 unspecified atom stereocenters. The summed E-state index contributed by atoms with van der Waals surface area (Å²) in [7, 11) is -3.10. The van der Waals surface area contributed by atoms with Gasteiger partial charge in [-0.2, -0.15) is 4.31 Å². The number of rotatable bonds is 3. The lowest BCUT2D eigenvalue weighted by atomic mass is 10.2. The molecule has 6 heteroatoms. The second kappa shape index (κ2) is 4.36. The first kappa shape index (κ1) is 10.9. The maximum atomic E-state index is 11.3. The maximum Gasteiger partial charge on any atom is 0.211 e.